The third-order valence-corrected chi connectivity index (χ3v) is 2.85. The van der Waals surface area contributed by atoms with Gasteiger partial charge in [-0.05, 0) is 12.1 Å². The molecule has 0 aliphatic heterocycles. The average Bonchev–Trinajstić information content (AvgIpc) is 2.96. The summed E-state index contributed by atoms with van der Waals surface area (Å²) in [4.78, 5) is 3.59. The van der Waals surface area contributed by atoms with Crippen molar-refractivity contribution < 1.29 is 4.39 Å². The zero-order chi connectivity index (χ0) is 13.8. The summed E-state index contributed by atoms with van der Waals surface area (Å²) in [7, 11) is 0. The Morgan fingerprint density at radius 1 is 1.05 bits per heavy atom. The van der Waals surface area contributed by atoms with Crippen LogP contribution in [0.5, 0.6) is 0 Å². The van der Waals surface area contributed by atoms with Crippen LogP contribution in [0.15, 0.2) is 48.7 Å². The van der Waals surface area contributed by atoms with Crippen molar-refractivity contribution in [1.82, 2.24) is 20.4 Å². The summed E-state index contributed by atoms with van der Waals surface area (Å²) in [5.74, 6) is -0.498. The maximum absolute atomic E-state index is 12.7. The molecule has 0 atom stereocenters. The van der Waals surface area contributed by atoms with E-state index in [4.69, 9.17) is 0 Å². The molecule has 20 heavy (non-hydrogen) atoms. The van der Waals surface area contributed by atoms with E-state index >= 15 is 0 Å². The quantitative estimate of drug-likeness (QED) is 0.714. The lowest BCUT2D eigenvalue weighted by molar-refractivity contribution is 0.584. The Labute approximate surface area is 114 Å². The van der Waals surface area contributed by atoms with Crippen molar-refractivity contribution in [3.8, 4) is 11.3 Å². The Morgan fingerprint density at radius 3 is 2.65 bits per heavy atom. The number of nitrogens with zero attached hydrogens (tertiary/aromatic N) is 3. The second-order valence-electron chi connectivity index (χ2n) is 4.21. The summed E-state index contributed by atoms with van der Waals surface area (Å²) in [5.41, 5.74) is 3.32. The van der Waals surface area contributed by atoms with Crippen LogP contribution in [0.25, 0.3) is 11.3 Å². The van der Waals surface area contributed by atoms with Gasteiger partial charge in [0.2, 0.25) is 5.95 Å². The molecule has 0 bridgehead atoms. The molecule has 3 aromatic rings. The van der Waals surface area contributed by atoms with Crippen LogP contribution in [-0.4, -0.2) is 20.4 Å². The number of H-pyrrole nitrogens is 1. The summed E-state index contributed by atoms with van der Waals surface area (Å²) < 4.78 is 12.7. The lowest BCUT2D eigenvalue weighted by atomic mass is 10.1. The molecule has 0 unspecified atom stereocenters. The molecule has 3 rings (SSSR count). The summed E-state index contributed by atoms with van der Waals surface area (Å²) in [6.07, 6.45) is 1.44. The largest absolute Gasteiger partial charge is 0.378 e. The molecule has 2 aromatic heterocycles. The fourth-order valence-electron chi connectivity index (χ4n) is 1.87. The number of pyridine rings is 1. The first-order chi connectivity index (χ1) is 9.83. The molecule has 0 spiro atoms. The van der Waals surface area contributed by atoms with E-state index in [1.54, 1.807) is 6.07 Å². The van der Waals surface area contributed by atoms with Crippen molar-refractivity contribution in [3.05, 3.63) is 60.3 Å². The molecule has 0 radical (unpaired) electrons. The fourth-order valence-corrected chi connectivity index (χ4v) is 1.87. The minimum atomic E-state index is -0.498. The maximum atomic E-state index is 12.7. The van der Waals surface area contributed by atoms with Crippen LogP contribution in [-0.2, 0) is 6.54 Å². The zero-order valence-electron chi connectivity index (χ0n) is 10.5. The first-order valence-corrected chi connectivity index (χ1v) is 6.13. The van der Waals surface area contributed by atoms with Gasteiger partial charge in [0.05, 0.1) is 18.4 Å². The van der Waals surface area contributed by atoms with Gasteiger partial charge in [-0.3, -0.25) is 0 Å². The van der Waals surface area contributed by atoms with Crippen LogP contribution < -0.4 is 5.32 Å². The molecule has 0 aliphatic rings. The van der Waals surface area contributed by atoms with Crippen molar-refractivity contribution in [3.63, 3.8) is 0 Å². The van der Waals surface area contributed by atoms with E-state index < -0.39 is 5.95 Å². The SMILES string of the molecule is Fc1ccc(NCc2n[nH]nc2-c2ccccc2)cn1. The van der Waals surface area contributed by atoms with E-state index in [2.05, 4.69) is 25.7 Å². The van der Waals surface area contributed by atoms with Gasteiger partial charge in [0.25, 0.3) is 0 Å². The van der Waals surface area contributed by atoms with Crippen LogP contribution in [0.3, 0.4) is 0 Å². The van der Waals surface area contributed by atoms with Crippen molar-refractivity contribution in [2.45, 2.75) is 6.54 Å². The van der Waals surface area contributed by atoms with Gasteiger partial charge >= 0.3 is 0 Å². The molecule has 0 fully saturated rings. The van der Waals surface area contributed by atoms with E-state index in [0.717, 1.165) is 22.6 Å². The van der Waals surface area contributed by atoms with Crippen LogP contribution in [0.4, 0.5) is 10.1 Å². The molecule has 6 heteroatoms. The smallest absolute Gasteiger partial charge is 0.212 e. The van der Waals surface area contributed by atoms with E-state index in [9.17, 15) is 4.39 Å². The van der Waals surface area contributed by atoms with Gasteiger partial charge in [-0.25, -0.2) is 4.98 Å². The number of aromatic nitrogens is 4. The van der Waals surface area contributed by atoms with Gasteiger partial charge in [-0.2, -0.15) is 19.8 Å². The lowest BCUT2D eigenvalue weighted by Gasteiger charge is -2.05. The lowest BCUT2D eigenvalue weighted by Crippen LogP contribution is -2.02. The second-order valence-corrected chi connectivity index (χ2v) is 4.21. The molecule has 100 valence electrons. The van der Waals surface area contributed by atoms with Gasteiger partial charge in [-0.1, -0.05) is 30.3 Å². The molecular formula is C14H12FN5. The van der Waals surface area contributed by atoms with Gasteiger partial charge in [0, 0.05) is 5.56 Å². The van der Waals surface area contributed by atoms with Crippen LogP contribution in [0, 0.1) is 5.95 Å². The number of halogens is 1. The maximum Gasteiger partial charge on any atom is 0.212 e. The first-order valence-electron chi connectivity index (χ1n) is 6.13. The Morgan fingerprint density at radius 2 is 1.90 bits per heavy atom. The summed E-state index contributed by atoms with van der Waals surface area (Å²) in [5, 5.41) is 14.1. The zero-order valence-corrected chi connectivity index (χ0v) is 10.5. The highest BCUT2D eigenvalue weighted by atomic mass is 19.1. The Balaban J connectivity index is 1.76. The second kappa shape index (κ2) is 5.48. The average molecular weight is 269 g/mol. The summed E-state index contributed by atoms with van der Waals surface area (Å²) in [6.45, 7) is 0.480. The molecule has 2 N–H and O–H groups in total. The standard InChI is InChI=1S/C14H12FN5/c15-13-7-6-11(8-17-13)16-9-12-14(19-20-18-12)10-4-2-1-3-5-10/h1-8,16H,9H2,(H,18,19,20). The molecule has 0 saturated heterocycles. The van der Waals surface area contributed by atoms with Gasteiger partial charge < -0.3 is 5.32 Å². The monoisotopic (exact) mass is 269 g/mol. The number of aromatic amines is 1. The number of anilines is 1. The van der Waals surface area contributed by atoms with Crippen LogP contribution >= 0.6 is 0 Å². The first kappa shape index (κ1) is 12.3. The van der Waals surface area contributed by atoms with Gasteiger partial charge in [-0.15, -0.1) is 0 Å². The summed E-state index contributed by atoms with van der Waals surface area (Å²) >= 11 is 0. The number of hydrogen-bond acceptors (Lipinski definition) is 4. The Hall–Kier alpha value is -2.76. The van der Waals surface area contributed by atoms with E-state index in [0.29, 0.717) is 6.54 Å². The van der Waals surface area contributed by atoms with E-state index in [1.165, 1.54) is 12.3 Å². The predicted molar refractivity (Wildman–Crippen MR) is 73.3 cm³/mol. The highest BCUT2D eigenvalue weighted by molar-refractivity contribution is 5.61. The molecule has 1 aromatic carbocycles. The predicted octanol–water partition coefficient (Wildman–Crippen LogP) is 2.62. The number of hydrogen-bond donors (Lipinski definition) is 2. The minimum Gasteiger partial charge on any atom is -0.378 e. The molecule has 0 amide bonds. The normalized spacial score (nSPS) is 10.4. The van der Waals surface area contributed by atoms with Crippen molar-refractivity contribution in [1.29, 1.82) is 0 Å². The molecule has 5 nitrogen and oxygen atoms in total. The number of rotatable bonds is 4. The van der Waals surface area contributed by atoms with Crippen molar-refractivity contribution >= 4 is 5.69 Å². The van der Waals surface area contributed by atoms with E-state index in [-0.39, 0.29) is 0 Å². The molecule has 0 saturated carbocycles. The fraction of sp³-hybridized carbons (Fsp3) is 0.0714. The number of benzene rings is 1. The summed E-state index contributed by atoms with van der Waals surface area (Å²) in [6, 6.07) is 12.7. The van der Waals surface area contributed by atoms with Crippen molar-refractivity contribution in [2.24, 2.45) is 0 Å². The minimum absolute atomic E-state index is 0.480. The van der Waals surface area contributed by atoms with Crippen LogP contribution in [0.1, 0.15) is 5.69 Å². The Kier molecular flexibility index (Phi) is 3.36. The highest BCUT2D eigenvalue weighted by Gasteiger charge is 2.09. The third-order valence-electron chi connectivity index (χ3n) is 2.85. The van der Waals surface area contributed by atoms with E-state index in [1.807, 2.05) is 30.3 Å². The van der Waals surface area contributed by atoms with Gasteiger partial charge in [0.15, 0.2) is 0 Å². The highest BCUT2D eigenvalue weighted by Crippen LogP contribution is 2.19. The topological polar surface area (TPSA) is 66.5 Å². The van der Waals surface area contributed by atoms with Crippen LogP contribution in [0.2, 0.25) is 0 Å². The van der Waals surface area contributed by atoms with Crippen molar-refractivity contribution in [2.75, 3.05) is 5.32 Å². The third kappa shape index (κ3) is 2.64. The number of nitrogens with one attached hydrogen (secondary N) is 2. The molecule has 0 aliphatic carbocycles. The molecular weight excluding hydrogens is 257 g/mol. The Bertz CT molecular complexity index is 678. The molecule has 2 heterocycles. The van der Waals surface area contributed by atoms with Gasteiger partial charge in [0.1, 0.15) is 11.4 Å².